The lowest BCUT2D eigenvalue weighted by atomic mass is 9.97. The first kappa shape index (κ1) is 14.9. The van der Waals surface area contributed by atoms with Crippen LogP contribution in [0.25, 0.3) is 0 Å². The topological polar surface area (TPSA) is 58.4 Å². The molecule has 1 fully saturated rings. The average Bonchev–Trinajstić information content (AvgIpc) is 2.38. The van der Waals surface area contributed by atoms with Gasteiger partial charge in [-0.3, -0.25) is 9.69 Å². The smallest absolute Gasteiger partial charge is 0.238 e. The van der Waals surface area contributed by atoms with Gasteiger partial charge in [-0.1, -0.05) is 12.5 Å². The minimum atomic E-state index is 0.0410. The average molecular weight is 275 g/mol. The van der Waals surface area contributed by atoms with Crippen molar-refractivity contribution in [2.45, 2.75) is 52.1 Å². The van der Waals surface area contributed by atoms with Crippen molar-refractivity contribution in [3.63, 3.8) is 0 Å². The maximum Gasteiger partial charge on any atom is 0.238 e. The van der Waals surface area contributed by atoms with Crippen molar-refractivity contribution in [2.75, 3.05) is 17.6 Å². The van der Waals surface area contributed by atoms with Crippen LogP contribution in [0.4, 0.5) is 11.4 Å². The standard InChI is InChI=1S/C16H25N3O/c1-11-7-8-14(17)9-15(11)18-16(20)10-19-12(2)5-4-6-13(19)3/h7-9,12-13H,4-6,10,17H2,1-3H3,(H,18,20). The molecule has 0 radical (unpaired) electrons. The molecule has 20 heavy (non-hydrogen) atoms. The van der Waals surface area contributed by atoms with E-state index in [4.69, 9.17) is 5.73 Å². The quantitative estimate of drug-likeness (QED) is 0.834. The number of carbonyl (C=O) groups is 1. The molecule has 2 atom stereocenters. The normalized spacial score (nSPS) is 23.6. The Morgan fingerprint density at radius 2 is 2.00 bits per heavy atom. The number of nitrogens with one attached hydrogen (secondary N) is 1. The van der Waals surface area contributed by atoms with Gasteiger partial charge in [-0.05, 0) is 51.3 Å². The molecule has 1 heterocycles. The Balaban J connectivity index is 1.99. The monoisotopic (exact) mass is 275 g/mol. The van der Waals surface area contributed by atoms with Crippen LogP contribution >= 0.6 is 0 Å². The summed E-state index contributed by atoms with van der Waals surface area (Å²) in [7, 11) is 0. The SMILES string of the molecule is Cc1ccc(N)cc1NC(=O)CN1C(C)CCCC1C. The number of anilines is 2. The Kier molecular flexibility index (Phi) is 4.65. The van der Waals surface area contributed by atoms with Gasteiger partial charge in [0, 0.05) is 23.5 Å². The van der Waals surface area contributed by atoms with Crippen LogP contribution < -0.4 is 11.1 Å². The molecule has 0 bridgehead atoms. The second-order valence-corrected chi connectivity index (χ2v) is 5.92. The molecular formula is C16H25N3O. The molecule has 1 saturated heterocycles. The van der Waals surface area contributed by atoms with Crippen molar-refractivity contribution in [3.05, 3.63) is 23.8 Å². The minimum Gasteiger partial charge on any atom is -0.399 e. The van der Waals surface area contributed by atoms with Crippen LogP contribution in [0.1, 0.15) is 38.7 Å². The van der Waals surface area contributed by atoms with Gasteiger partial charge in [0.25, 0.3) is 0 Å². The molecule has 1 aliphatic rings. The zero-order valence-electron chi connectivity index (χ0n) is 12.6. The van der Waals surface area contributed by atoms with E-state index in [0.29, 0.717) is 24.3 Å². The van der Waals surface area contributed by atoms with Gasteiger partial charge in [0.2, 0.25) is 5.91 Å². The zero-order valence-corrected chi connectivity index (χ0v) is 12.6. The fourth-order valence-electron chi connectivity index (χ4n) is 2.92. The lowest BCUT2D eigenvalue weighted by Crippen LogP contribution is -2.47. The largest absolute Gasteiger partial charge is 0.399 e. The van der Waals surface area contributed by atoms with Gasteiger partial charge in [-0.15, -0.1) is 0 Å². The summed E-state index contributed by atoms with van der Waals surface area (Å²) in [5.74, 6) is 0.0410. The zero-order chi connectivity index (χ0) is 14.7. The molecule has 110 valence electrons. The van der Waals surface area contributed by atoms with E-state index in [9.17, 15) is 4.79 Å². The van der Waals surface area contributed by atoms with Crippen LogP contribution in [0.5, 0.6) is 0 Å². The number of amides is 1. The van der Waals surface area contributed by atoms with Crippen molar-refractivity contribution in [1.29, 1.82) is 0 Å². The lowest BCUT2D eigenvalue weighted by molar-refractivity contribution is -0.118. The molecule has 2 rings (SSSR count). The van der Waals surface area contributed by atoms with Gasteiger partial charge in [0.05, 0.1) is 6.54 Å². The van der Waals surface area contributed by atoms with Crippen molar-refractivity contribution < 1.29 is 4.79 Å². The number of hydrogen-bond donors (Lipinski definition) is 2. The van der Waals surface area contributed by atoms with Crippen LogP contribution in [0.15, 0.2) is 18.2 Å². The van der Waals surface area contributed by atoms with Gasteiger partial charge in [0.1, 0.15) is 0 Å². The third kappa shape index (κ3) is 3.51. The molecule has 1 aromatic rings. The number of piperidine rings is 1. The fourth-order valence-corrected chi connectivity index (χ4v) is 2.92. The van der Waals surface area contributed by atoms with Gasteiger partial charge in [-0.2, -0.15) is 0 Å². The highest BCUT2D eigenvalue weighted by Crippen LogP contribution is 2.23. The van der Waals surface area contributed by atoms with Crippen LogP contribution in [0.2, 0.25) is 0 Å². The number of aryl methyl sites for hydroxylation is 1. The highest BCUT2D eigenvalue weighted by atomic mass is 16.2. The van der Waals surface area contributed by atoms with Gasteiger partial charge >= 0.3 is 0 Å². The molecule has 4 nitrogen and oxygen atoms in total. The first-order valence-electron chi connectivity index (χ1n) is 7.39. The van der Waals surface area contributed by atoms with Crippen LogP contribution in [0.3, 0.4) is 0 Å². The predicted molar refractivity (Wildman–Crippen MR) is 83.7 cm³/mol. The number of nitrogens with two attached hydrogens (primary N) is 1. The molecule has 0 saturated carbocycles. The van der Waals surface area contributed by atoms with E-state index < -0.39 is 0 Å². The molecule has 0 aliphatic carbocycles. The first-order chi connectivity index (χ1) is 9.47. The summed E-state index contributed by atoms with van der Waals surface area (Å²) < 4.78 is 0. The van der Waals surface area contributed by atoms with Crippen molar-refractivity contribution in [1.82, 2.24) is 4.90 Å². The molecule has 3 N–H and O–H groups in total. The molecule has 0 aromatic heterocycles. The highest BCUT2D eigenvalue weighted by molar-refractivity contribution is 5.93. The summed E-state index contributed by atoms with van der Waals surface area (Å²) in [5, 5.41) is 2.98. The second kappa shape index (κ2) is 6.27. The number of hydrogen-bond acceptors (Lipinski definition) is 3. The third-order valence-corrected chi connectivity index (χ3v) is 4.24. The van der Waals surface area contributed by atoms with E-state index in [0.717, 1.165) is 11.3 Å². The maximum atomic E-state index is 12.2. The van der Waals surface area contributed by atoms with Crippen LogP contribution in [0, 0.1) is 6.92 Å². The summed E-state index contributed by atoms with van der Waals surface area (Å²) in [6.07, 6.45) is 3.61. The number of benzene rings is 1. The summed E-state index contributed by atoms with van der Waals surface area (Å²) in [6, 6.07) is 6.55. The molecule has 0 spiro atoms. The summed E-state index contributed by atoms with van der Waals surface area (Å²) in [5.41, 5.74) is 8.29. The van der Waals surface area contributed by atoms with Gasteiger partial charge < -0.3 is 11.1 Å². The predicted octanol–water partition coefficient (Wildman–Crippen LogP) is 2.78. The van der Waals surface area contributed by atoms with E-state index in [1.165, 1.54) is 19.3 Å². The first-order valence-corrected chi connectivity index (χ1v) is 7.39. The minimum absolute atomic E-state index is 0.0410. The number of rotatable bonds is 3. The van der Waals surface area contributed by atoms with E-state index >= 15 is 0 Å². The highest BCUT2D eigenvalue weighted by Gasteiger charge is 2.26. The Bertz CT molecular complexity index is 477. The molecule has 2 unspecified atom stereocenters. The number of nitrogens with zero attached hydrogens (tertiary/aromatic N) is 1. The summed E-state index contributed by atoms with van der Waals surface area (Å²) >= 11 is 0. The van der Waals surface area contributed by atoms with Crippen LogP contribution in [-0.4, -0.2) is 29.4 Å². The van der Waals surface area contributed by atoms with E-state index in [1.807, 2.05) is 25.1 Å². The Labute approximate surface area is 121 Å². The van der Waals surface area contributed by atoms with E-state index in [-0.39, 0.29) is 5.91 Å². The lowest BCUT2D eigenvalue weighted by Gasteiger charge is -2.38. The number of carbonyl (C=O) groups excluding carboxylic acids is 1. The summed E-state index contributed by atoms with van der Waals surface area (Å²) in [6.45, 7) is 6.83. The second-order valence-electron chi connectivity index (χ2n) is 5.92. The Morgan fingerprint density at radius 1 is 1.35 bits per heavy atom. The van der Waals surface area contributed by atoms with Gasteiger partial charge in [0.15, 0.2) is 0 Å². The van der Waals surface area contributed by atoms with Crippen molar-refractivity contribution in [3.8, 4) is 0 Å². The van der Waals surface area contributed by atoms with E-state index in [1.54, 1.807) is 0 Å². The number of likely N-dealkylation sites (tertiary alicyclic amines) is 1. The third-order valence-electron chi connectivity index (χ3n) is 4.24. The maximum absolute atomic E-state index is 12.2. The summed E-state index contributed by atoms with van der Waals surface area (Å²) in [4.78, 5) is 14.5. The number of nitrogen functional groups attached to an aromatic ring is 1. The van der Waals surface area contributed by atoms with Gasteiger partial charge in [-0.25, -0.2) is 0 Å². The van der Waals surface area contributed by atoms with Crippen molar-refractivity contribution in [2.24, 2.45) is 0 Å². The molecule has 1 aromatic carbocycles. The molecule has 1 amide bonds. The molecular weight excluding hydrogens is 250 g/mol. The van der Waals surface area contributed by atoms with Crippen molar-refractivity contribution >= 4 is 17.3 Å². The van der Waals surface area contributed by atoms with Crippen LogP contribution in [-0.2, 0) is 4.79 Å². The fraction of sp³-hybridized carbons (Fsp3) is 0.562. The Hall–Kier alpha value is -1.55. The molecule has 4 heteroatoms. The van der Waals surface area contributed by atoms with E-state index in [2.05, 4.69) is 24.1 Å². The molecule has 1 aliphatic heterocycles. The Morgan fingerprint density at radius 3 is 2.65 bits per heavy atom.